The van der Waals surface area contributed by atoms with Crippen LogP contribution >= 0.6 is 0 Å². The van der Waals surface area contributed by atoms with Crippen molar-refractivity contribution < 1.29 is 0 Å². The molecule has 2 nitrogen and oxygen atoms in total. The third kappa shape index (κ3) is 2.39. The zero-order chi connectivity index (χ0) is 8.93. The number of aliphatic imine (C=N–C) groups is 1. The zero-order valence-electron chi connectivity index (χ0n) is 7.66. The van der Waals surface area contributed by atoms with E-state index in [0.717, 1.165) is 26.1 Å². The molecule has 2 rings (SSSR count). The standard InChI is InChI=1S/C11H14N2/c1-2-4-10(5-3-1)6-7-11-8-12-9-13-11/h1-5,12H,6-9H2. The Balaban J connectivity index is 1.86. The van der Waals surface area contributed by atoms with Crippen LogP contribution in [0.1, 0.15) is 12.0 Å². The maximum atomic E-state index is 4.36. The number of nitrogens with zero attached hydrogens (tertiary/aromatic N) is 1. The molecule has 0 radical (unpaired) electrons. The van der Waals surface area contributed by atoms with Crippen LogP contribution in [0.25, 0.3) is 0 Å². The molecule has 13 heavy (non-hydrogen) atoms. The SMILES string of the molecule is c1ccc(CCC2=NCNC2)cc1. The number of rotatable bonds is 3. The van der Waals surface area contributed by atoms with Crippen molar-refractivity contribution in [2.45, 2.75) is 12.8 Å². The van der Waals surface area contributed by atoms with Gasteiger partial charge in [-0.1, -0.05) is 30.3 Å². The number of nitrogens with one attached hydrogen (secondary N) is 1. The van der Waals surface area contributed by atoms with Gasteiger partial charge in [-0.05, 0) is 18.4 Å². The van der Waals surface area contributed by atoms with Crippen LogP contribution in [-0.2, 0) is 6.42 Å². The fourth-order valence-electron chi connectivity index (χ4n) is 1.52. The lowest BCUT2D eigenvalue weighted by Crippen LogP contribution is -2.13. The Kier molecular flexibility index (Phi) is 2.72. The maximum Gasteiger partial charge on any atom is 0.0887 e. The molecule has 0 aliphatic carbocycles. The van der Waals surface area contributed by atoms with E-state index < -0.39 is 0 Å². The molecule has 1 aliphatic heterocycles. The first-order valence-electron chi connectivity index (χ1n) is 4.72. The van der Waals surface area contributed by atoms with Crippen LogP contribution in [0.4, 0.5) is 0 Å². The Morgan fingerprint density at radius 2 is 2.00 bits per heavy atom. The molecule has 2 heteroatoms. The predicted octanol–water partition coefficient (Wildman–Crippen LogP) is 1.62. The van der Waals surface area contributed by atoms with Crippen LogP contribution in [0.15, 0.2) is 35.3 Å². The fraction of sp³-hybridized carbons (Fsp3) is 0.364. The highest BCUT2D eigenvalue weighted by Gasteiger charge is 2.04. The topological polar surface area (TPSA) is 24.4 Å². The number of benzene rings is 1. The normalized spacial score (nSPS) is 15.8. The minimum absolute atomic E-state index is 0.810. The van der Waals surface area contributed by atoms with Gasteiger partial charge in [0.1, 0.15) is 0 Å². The van der Waals surface area contributed by atoms with Crippen LogP contribution in [0.3, 0.4) is 0 Å². The Morgan fingerprint density at radius 3 is 2.69 bits per heavy atom. The molecule has 68 valence electrons. The molecule has 1 N–H and O–H groups in total. The Morgan fingerprint density at radius 1 is 1.15 bits per heavy atom. The van der Waals surface area contributed by atoms with E-state index in [0.29, 0.717) is 0 Å². The van der Waals surface area contributed by atoms with Gasteiger partial charge in [0.2, 0.25) is 0 Å². The molecular formula is C11H14N2. The predicted molar refractivity (Wildman–Crippen MR) is 55.1 cm³/mol. The quantitative estimate of drug-likeness (QED) is 0.740. The van der Waals surface area contributed by atoms with E-state index in [2.05, 4.69) is 40.6 Å². The summed E-state index contributed by atoms with van der Waals surface area (Å²) in [4.78, 5) is 4.36. The molecule has 0 saturated heterocycles. The van der Waals surface area contributed by atoms with E-state index in [4.69, 9.17) is 0 Å². The lowest BCUT2D eigenvalue weighted by atomic mass is 10.1. The van der Waals surface area contributed by atoms with Crippen molar-refractivity contribution in [3.05, 3.63) is 35.9 Å². The van der Waals surface area contributed by atoms with Crippen molar-refractivity contribution in [1.82, 2.24) is 5.32 Å². The highest BCUT2D eigenvalue weighted by atomic mass is 15.1. The van der Waals surface area contributed by atoms with E-state index >= 15 is 0 Å². The van der Waals surface area contributed by atoms with Gasteiger partial charge in [-0.15, -0.1) is 0 Å². The lowest BCUT2D eigenvalue weighted by Gasteiger charge is -2.00. The summed E-state index contributed by atoms with van der Waals surface area (Å²) >= 11 is 0. The first-order chi connectivity index (χ1) is 6.45. The van der Waals surface area contributed by atoms with Gasteiger partial charge in [0.15, 0.2) is 0 Å². The van der Waals surface area contributed by atoms with E-state index in [1.54, 1.807) is 0 Å². The van der Waals surface area contributed by atoms with Crippen molar-refractivity contribution in [3.8, 4) is 0 Å². The molecule has 0 saturated carbocycles. The monoisotopic (exact) mass is 174 g/mol. The fourth-order valence-corrected chi connectivity index (χ4v) is 1.52. The third-order valence-corrected chi connectivity index (χ3v) is 2.29. The molecule has 0 atom stereocenters. The first-order valence-corrected chi connectivity index (χ1v) is 4.72. The van der Waals surface area contributed by atoms with E-state index in [1.165, 1.54) is 11.3 Å². The highest BCUT2D eigenvalue weighted by Crippen LogP contribution is 2.04. The summed E-state index contributed by atoms with van der Waals surface area (Å²) in [7, 11) is 0. The van der Waals surface area contributed by atoms with E-state index in [9.17, 15) is 0 Å². The van der Waals surface area contributed by atoms with Crippen LogP contribution < -0.4 is 5.32 Å². The summed E-state index contributed by atoms with van der Waals surface area (Å²) in [6.07, 6.45) is 2.21. The number of aryl methyl sites for hydroxylation is 1. The van der Waals surface area contributed by atoms with E-state index in [-0.39, 0.29) is 0 Å². The Bertz CT molecular complexity index is 290. The van der Waals surface area contributed by atoms with Crippen molar-refractivity contribution in [2.75, 3.05) is 13.2 Å². The van der Waals surface area contributed by atoms with Crippen LogP contribution in [0, 0.1) is 0 Å². The van der Waals surface area contributed by atoms with Crippen molar-refractivity contribution in [2.24, 2.45) is 4.99 Å². The highest BCUT2D eigenvalue weighted by molar-refractivity contribution is 5.87. The summed E-state index contributed by atoms with van der Waals surface area (Å²) in [6, 6.07) is 10.6. The Labute approximate surface area is 78.7 Å². The Hall–Kier alpha value is -1.15. The molecule has 1 aromatic carbocycles. The lowest BCUT2D eigenvalue weighted by molar-refractivity contribution is 0.848. The van der Waals surface area contributed by atoms with Gasteiger partial charge >= 0.3 is 0 Å². The molecule has 1 aromatic rings. The molecular weight excluding hydrogens is 160 g/mol. The van der Waals surface area contributed by atoms with Gasteiger partial charge in [-0.25, -0.2) is 0 Å². The molecule has 0 aromatic heterocycles. The van der Waals surface area contributed by atoms with Crippen LogP contribution in [-0.4, -0.2) is 18.9 Å². The van der Waals surface area contributed by atoms with Crippen molar-refractivity contribution in [3.63, 3.8) is 0 Å². The molecule has 0 bridgehead atoms. The van der Waals surface area contributed by atoms with Gasteiger partial charge in [-0.2, -0.15) is 0 Å². The van der Waals surface area contributed by atoms with Crippen molar-refractivity contribution in [1.29, 1.82) is 0 Å². The first kappa shape index (κ1) is 8.45. The average Bonchev–Trinajstić information content (AvgIpc) is 2.69. The molecule has 0 unspecified atom stereocenters. The van der Waals surface area contributed by atoms with Gasteiger partial charge in [0.25, 0.3) is 0 Å². The third-order valence-electron chi connectivity index (χ3n) is 2.29. The van der Waals surface area contributed by atoms with Gasteiger partial charge in [0.05, 0.1) is 6.67 Å². The minimum Gasteiger partial charge on any atom is -0.293 e. The number of hydrogen-bond donors (Lipinski definition) is 1. The summed E-state index contributed by atoms with van der Waals surface area (Å²) in [5.74, 6) is 0. The second-order valence-electron chi connectivity index (χ2n) is 3.29. The van der Waals surface area contributed by atoms with Gasteiger partial charge in [0, 0.05) is 12.3 Å². The summed E-state index contributed by atoms with van der Waals surface area (Å²) in [5, 5.41) is 3.20. The van der Waals surface area contributed by atoms with Crippen molar-refractivity contribution >= 4 is 5.71 Å². The second kappa shape index (κ2) is 4.19. The largest absolute Gasteiger partial charge is 0.293 e. The average molecular weight is 174 g/mol. The summed E-state index contributed by atoms with van der Waals surface area (Å²) < 4.78 is 0. The van der Waals surface area contributed by atoms with Gasteiger partial charge < -0.3 is 0 Å². The van der Waals surface area contributed by atoms with E-state index in [1.807, 2.05) is 0 Å². The minimum atomic E-state index is 0.810. The molecule has 0 fully saturated rings. The van der Waals surface area contributed by atoms with Crippen LogP contribution in [0.2, 0.25) is 0 Å². The molecule has 0 amide bonds. The maximum absolute atomic E-state index is 4.36. The zero-order valence-corrected chi connectivity index (χ0v) is 7.66. The summed E-state index contributed by atoms with van der Waals surface area (Å²) in [5.41, 5.74) is 2.71. The van der Waals surface area contributed by atoms with Gasteiger partial charge in [-0.3, -0.25) is 10.3 Å². The summed E-state index contributed by atoms with van der Waals surface area (Å²) in [6.45, 7) is 1.79. The molecule has 0 spiro atoms. The second-order valence-corrected chi connectivity index (χ2v) is 3.29. The smallest absolute Gasteiger partial charge is 0.0887 e. The molecule has 1 aliphatic rings. The molecule has 1 heterocycles. The number of hydrogen-bond acceptors (Lipinski definition) is 2. The van der Waals surface area contributed by atoms with Crippen LogP contribution in [0.5, 0.6) is 0 Å².